The molecule has 0 fully saturated rings. The summed E-state index contributed by atoms with van der Waals surface area (Å²) in [4.78, 5) is 0. The van der Waals surface area contributed by atoms with Crippen molar-refractivity contribution in [3.8, 4) is 11.4 Å². The van der Waals surface area contributed by atoms with E-state index < -0.39 is 0 Å². The van der Waals surface area contributed by atoms with E-state index in [4.69, 9.17) is 11.6 Å². The molecule has 0 bridgehead atoms. The van der Waals surface area contributed by atoms with Gasteiger partial charge in [0.1, 0.15) is 5.15 Å². The summed E-state index contributed by atoms with van der Waals surface area (Å²) in [5, 5.41) is 13.0. The highest BCUT2D eigenvalue weighted by atomic mass is 35.5. The van der Waals surface area contributed by atoms with Crippen LogP contribution in [0.15, 0.2) is 30.3 Å². The second-order valence-corrected chi connectivity index (χ2v) is 4.66. The molecule has 0 aliphatic rings. The maximum atomic E-state index is 5.92. The van der Waals surface area contributed by atoms with Crippen molar-refractivity contribution in [3.05, 3.63) is 46.6 Å². The summed E-state index contributed by atoms with van der Waals surface area (Å²) in [6.07, 6.45) is 0. The monoisotopic (exact) mass is 258 g/mol. The van der Waals surface area contributed by atoms with Gasteiger partial charge in [-0.15, -0.1) is 10.2 Å². The van der Waals surface area contributed by atoms with Crippen molar-refractivity contribution in [2.45, 2.75) is 13.8 Å². The summed E-state index contributed by atoms with van der Waals surface area (Å²) in [5.41, 5.74) is 4.03. The van der Waals surface area contributed by atoms with Gasteiger partial charge in [-0.1, -0.05) is 29.3 Å². The zero-order valence-electron chi connectivity index (χ0n) is 10.1. The average molecular weight is 259 g/mol. The minimum atomic E-state index is 0.425. The van der Waals surface area contributed by atoms with Gasteiger partial charge in [0.25, 0.3) is 0 Å². The number of halogens is 1. The van der Waals surface area contributed by atoms with Crippen molar-refractivity contribution >= 4 is 17.2 Å². The minimum Gasteiger partial charge on any atom is -0.191 e. The predicted molar refractivity (Wildman–Crippen MR) is 70.7 cm³/mol. The molecule has 0 N–H and O–H groups in total. The maximum absolute atomic E-state index is 5.92. The van der Waals surface area contributed by atoms with Crippen LogP contribution >= 0.6 is 11.6 Å². The number of hydrogen-bond acceptors (Lipinski definition) is 3. The van der Waals surface area contributed by atoms with Gasteiger partial charge in [0.15, 0.2) is 11.5 Å². The van der Waals surface area contributed by atoms with Crippen molar-refractivity contribution in [1.29, 1.82) is 0 Å². The third kappa shape index (κ3) is 1.75. The van der Waals surface area contributed by atoms with E-state index in [1.165, 1.54) is 5.56 Å². The Balaban J connectivity index is 2.31. The molecule has 2 aromatic heterocycles. The van der Waals surface area contributed by atoms with E-state index in [0.717, 1.165) is 11.1 Å². The molecule has 0 radical (unpaired) electrons. The van der Waals surface area contributed by atoms with E-state index >= 15 is 0 Å². The van der Waals surface area contributed by atoms with Gasteiger partial charge in [0, 0.05) is 5.56 Å². The molecule has 18 heavy (non-hydrogen) atoms. The van der Waals surface area contributed by atoms with Crippen LogP contribution in [0.2, 0.25) is 5.15 Å². The first-order valence-electron chi connectivity index (χ1n) is 5.61. The minimum absolute atomic E-state index is 0.425. The molecular weight excluding hydrogens is 248 g/mol. The van der Waals surface area contributed by atoms with Gasteiger partial charge in [-0.25, -0.2) is 0 Å². The molecule has 1 aromatic carbocycles. The van der Waals surface area contributed by atoms with Gasteiger partial charge in [0.05, 0.1) is 0 Å². The van der Waals surface area contributed by atoms with Crippen molar-refractivity contribution < 1.29 is 0 Å². The second kappa shape index (κ2) is 4.07. The third-order valence-electron chi connectivity index (χ3n) is 2.86. The summed E-state index contributed by atoms with van der Waals surface area (Å²) in [7, 11) is 0. The molecule has 0 saturated heterocycles. The zero-order chi connectivity index (χ0) is 12.7. The Hall–Kier alpha value is -1.94. The molecule has 0 amide bonds. The Bertz CT molecular complexity index is 733. The van der Waals surface area contributed by atoms with Crippen LogP contribution in [-0.4, -0.2) is 19.8 Å². The molecule has 3 aromatic rings. The summed E-state index contributed by atoms with van der Waals surface area (Å²) < 4.78 is 1.67. The first-order chi connectivity index (χ1) is 8.65. The molecule has 0 spiro atoms. The third-order valence-corrected chi connectivity index (χ3v) is 3.07. The molecular formula is C13H11ClN4. The van der Waals surface area contributed by atoms with Crippen LogP contribution in [0.1, 0.15) is 11.1 Å². The molecule has 90 valence electrons. The molecule has 2 heterocycles. The number of nitrogens with zero attached hydrogens (tertiary/aromatic N) is 4. The lowest BCUT2D eigenvalue weighted by molar-refractivity contribution is 0.934. The fraction of sp³-hybridized carbons (Fsp3) is 0.154. The zero-order valence-corrected chi connectivity index (χ0v) is 10.8. The van der Waals surface area contributed by atoms with E-state index in [1.807, 2.05) is 13.8 Å². The average Bonchev–Trinajstić information content (AvgIpc) is 2.75. The van der Waals surface area contributed by atoms with Gasteiger partial charge in [-0.05, 0) is 37.6 Å². The molecule has 0 aliphatic heterocycles. The standard InChI is InChI=1S/C13H11ClN4/c1-8-3-4-9(2)10(7-8)13-16-15-12-6-5-11(14)17-18(12)13/h3-7H,1-2H3. The fourth-order valence-electron chi connectivity index (χ4n) is 1.91. The lowest BCUT2D eigenvalue weighted by atomic mass is 10.1. The number of aromatic nitrogens is 4. The van der Waals surface area contributed by atoms with Gasteiger partial charge in [-0.3, -0.25) is 0 Å². The van der Waals surface area contributed by atoms with Gasteiger partial charge in [-0.2, -0.15) is 9.61 Å². The Labute approximate surface area is 109 Å². The highest BCUT2D eigenvalue weighted by Crippen LogP contribution is 2.23. The molecule has 0 unspecified atom stereocenters. The topological polar surface area (TPSA) is 43.1 Å². The molecule has 0 aliphatic carbocycles. The van der Waals surface area contributed by atoms with Gasteiger partial charge in [0.2, 0.25) is 0 Å². The van der Waals surface area contributed by atoms with Crippen LogP contribution < -0.4 is 0 Å². The van der Waals surface area contributed by atoms with Gasteiger partial charge >= 0.3 is 0 Å². The first-order valence-corrected chi connectivity index (χ1v) is 5.98. The summed E-state index contributed by atoms with van der Waals surface area (Å²) in [6.45, 7) is 4.09. The van der Waals surface area contributed by atoms with Crippen LogP contribution in [0, 0.1) is 13.8 Å². The molecule has 0 saturated carbocycles. The Morgan fingerprint density at radius 3 is 2.72 bits per heavy atom. The van der Waals surface area contributed by atoms with E-state index in [9.17, 15) is 0 Å². The van der Waals surface area contributed by atoms with E-state index in [0.29, 0.717) is 16.6 Å². The Morgan fingerprint density at radius 1 is 1.06 bits per heavy atom. The van der Waals surface area contributed by atoms with Crippen molar-refractivity contribution in [3.63, 3.8) is 0 Å². The van der Waals surface area contributed by atoms with E-state index in [-0.39, 0.29) is 0 Å². The van der Waals surface area contributed by atoms with Crippen LogP contribution in [0.25, 0.3) is 17.0 Å². The van der Waals surface area contributed by atoms with Crippen LogP contribution in [0.3, 0.4) is 0 Å². The van der Waals surface area contributed by atoms with E-state index in [2.05, 4.69) is 33.5 Å². The maximum Gasteiger partial charge on any atom is 0.185 e. The molecule has 3 rings (SSSR count). The number of rotatable bonds is 1. The van der Waals surface area contributed by atoms with Crippen LogP contribution in [-0.2, 0) is 0 Å². The predicted octanol–water partition coefficient (Wildman–Crippen LogP) is 3.06. The highest BCUT2D eigenvalue weighted by molar-refractivity contribution is 6.29. The smallest absolute Gasteiger partial charge is 0.185 e. The lowest BCUT2D eigenvalue weighted by Gasteiger charge is -2.04. The fourth-order valence-corrected chi connectivity index (χ4v) is 2.05. The van der Waals surface area contributed by atoms with Crippen LogP contribution in [0.4, 0.5) is 0 Å². The number of hydrogen-bond donors (Lipinski definition) is 0. The lowest BCUT2D eigenvalue weighted by Crippen LogP contribution is -1.96. The summed E-state index contributed by atoms with van der Waals surface area (Å²) in [6, 6.07) is 9.72. The van der Waals surface area contributed by atoms with Crippen molar-refractivity contribution in [2.75, 3.05) is 0 Å². The van der Waals surface area contributed by atoms with Crippen molar-refractivity contribution in [2.24, 2.45) is 0 Å². The highest BCUT2D eigenvalue weighted by Gasteiger charge is 2.11. The van der Waals surface area contributed by atoms with E-state index in [1.54, 1.807) is 16.6 Å². The quantitative estimate of drug-likeness (QED) is 0.674. The first kappa shape index (κ1) is 11.2. The second-order valence-electron chi connectivity index (χ2n) is 4.27. The van der Waals surface area contributed by atoms with Crippen LogP contribution in [0.5, 0.6) is 0 Å². The molecule has 4 nitrogen and oxygen atoms in total. The Kier molecular flexibility index (Phi) is 2.52. The summed E-state index contributed by atoms with van der Waals surface area (Å²) >= 11 is 5.92. The normalized spacial score (nSPS) is 11.1. The SMILES string of the molecule is Cc1ccc(C)c(-c2nnc3ccc(Cl)nn23)c1. The number of fused-ring (bicyclic) bond motifs is 1. The number of benzene rings is 1. The molecule has 5 heteroatoms. The van der Waals surface area contributed by atoms with Gasteiger partial charge < -0.3 is 0 Å². The Morgan fingerprint density at radius 2 is 1.89 bits per heavy atom. The largest absolute Gasteiger partial charge is 0.191 e. The van der Waals surface area contributed by atoms with Crippen molar-refractivity contribution in [1.82, 2.24) is 19.8 Å². The molecule has 0 atom stereocenters. The summed E-state index contributed by atoms with van der Waals surface area (Å²) in [5.74, 6) is 0.716. The number of aryl methyl sites for hydroxylation is 2.